The second kappa shape index (κ2) is 5.40. The van der Waals surface area contributed by atoms with Crippen LogP contribution in [0.4, 0.5) is 11.5 Å². The Bertz CT molecular complexity index is 879. The van der Waals surface area contributed by atoms with Crippen LogP contribution in [-0.2, 0) is 0 Å². The summed E-state index contributed by atoms with van der Waals surface area (Å²) in [7, 11) is 0. The molecule has 1 N–H and O–H groups in total. The van der Waals surface area contributed by atoms with Gasteiger partial charge in [0.05, 0.1) is 5.69 Å². The molecule has 2 heterocycles. The first kappa shape index (κ1) is 13.9. The number of pyridine rings is 1. The summed E-state index contributed by atoms with van der Waals surface area (Å²) in [6.07, 6.45) is 1.79. The number of imidazole rings is 1. The number of azo groups is 1. The molecular formula is C16H14N4O2. The van der Waals surface area contributed by atoms with Crippen molar-refractivity contribution in [3.63, 3.8) is 0 Å². The van der Waals surface area contributed by atoms with Gasteiger partial charge >= 0.3 is 5.97 Å². The van der Waals surface area contributed by atoms with Crippen molar-refractivity contribution in [3.8, 4) is 0 Å². The van der Waals surface area contributed by atoms with Crippen molar-refractivity contribution in [2.24, 2.45) is 10.2 Å². The first-order valence-electron chi connectivity index (χ1n) is 6.75. The minimum atomic E-state index is -1.13. The SMILES string of the molecule is Cc1ccc(N=Nc2c(C(=O)O)nc3ccc(C)cn23)cc1. The molecule has 0 spiro atoms. The Labute approximate surface area is 126 Å². The normalized spacial score (nSPS) is 11.4. The van der Waals surface area contributed by atoms with Crippen molar-refractivity contribution in [3.05, 3.63) is 59.4 Å². The summed E-state index contributed by atoms with van der Waals surface area (Å²) in [5, 5.41) is 17.5. The van der Waals surface area contributed by atoms with E-state index in [1.54, 1.807) is 16.7 Å². The summed E-state index contributed by atoms with van der Waals surface area (Å²) in [6.45, 7) is 3.90. The van der Waals surface area contributed by atoms with Crippen LogP contribution in [0, 0.1) is 13.8 Å². The molecule has 0 bridgehead atoms. The molecule has 0 saturated carbocycles. The van der Waals surface area contributed by atoms with Gasteiger partial charge in [0, 0.05) is 6.20 Å². The average Bonchev–Trinajstić information content (AvgIpc) is 2.85. The Kier molecular flexibility index (Phi) is 3.42. The minimum absolute atomic E-state index is 0.110. The Balaban J connectivity index is 2.11. The maximum absolute atomic E-state index is 11.4. The number of fused-ring (bicyclic) bond motifs is 1. The zero-order valence-electron chi connectivity index (χ0n) is 12.2. The highest BCUT2D eigenvalue weighted by molar-refractivity contribution is 5.91. The number of carboxylic acids is 1. The molecule has 0 saturated heterocycles. The maximum atomic E-state index is 11.4. The lowest BCUT2D eigenvalue weighted by Crippen LogP contribution is -1.96. The van der Waals surface area contributed by atoms with Gasteiger partial charge in [0.2, 0.25) is 0 Å². The fourth-order valence-corrected chi connectivity index (χ4v) is 2.09. The molecule has 110 valence electrons. The number of hydrogen-bond acceptors (Lipinski definition) is 4. The number of nitrogens with zero attached hydrogens (tertiary/aromatic N) is 4. The van der Waals surface area contributed by atoms with Crippen LogP contribution in [0.5, 0.6) is 0 Å². The van der Waals surface area contributed by atoms with Gasteiger partial charge in [0.1, 0.15) is 5.65 Å². The minimum Gasteiger partial charge on any atom is -0.476 e. The van der Waals surface area contributed by atoms with Gasteiger partial charge in [-0.3, -0.25) is 4.40 Å². The maximum Gasteiger partial charge on any atom is 0.358 e. The zero-order chi connectivity index (χ0) is 15.7. The number of aromatic carboxylic acids is 1. The predicted molar refractivity (Wildman–Crippen MR) is 82.2 cm³/mol. The van der Waals surface area contributed by atoms with E-state index in [1.165, 1.54) is 0 Å². The fraction of sp³-hybridized carbons (Fsp3) is 0.125. The monoisotopic (exact) mass is 294 g/mol. The van der Waals surface area contributed by atoms with Gasteiger partial charge in [-0.15, -0.1) is 10.2 Å². The van der Waals surface area contributed by atoms with Crippen molar-refractivity contribution >= 4 is 23.1 Å². The van der Waals surface area contributed by atoms with Gasteiger partial charge in [-0.25, -0.2) is 9.78 Å². The van der Waals surface area contributed by atoms with E-state index >= 15 is 0 Å². The zero-order valence-corrected chi connectivity index (χ0v) is 12.2. The van der Waals surface area contributed by atoms with Gasteiger partial charge in [0.15, 0.2) is 11.5 Å². The van der Waals surface area contributed by atoms with Crippen LogP contribution in [0.2, 0.25) is 0 Å². The van der Waals surface area contributed by atoms with E-state index in [2.05, 4.69) is 15.2 Å². The lowest BCUT2D eigenvalue weighted by atomic mass is 10.2. The van der Waals surface area contributed by atoms with E-state index in [9.17, 15) is 9.90 Å². The van der Waals surface area contributed by atoms with Crippen LogP contribution >= 0.6 is 0 Å². The molecule has 3 aromatic rings. The molecule has 6 nitrogen and oxygen atoms in total. The molecule has 6 heteroatoms. The third kappa shape index (κ3) is 2.58. The standard InChI is InChI=1S/C16H14N4O2/c1-10-3-6-12(7-4-10)18-19-15-14(16(21)22)17-13-8-5-11(2)9-20(13)15/h3-9H,1-2H3,(H,21,22). The number of aryl methyl sites for hydroxylation is 2. The van der Waals surface area contributed by atoms with E-state index in [0.29, 0.717) is 11.3 Å². The summed E-state index contributed by atoms with van der Waals surface area (Å²) in [5.41, 5.74) is 3.18. The molecule has 2 aromatic heterocycles. The molecule has 0 aliphatic rings. The highest BCUT2D eigenvalue weighted by Crippen LogP contribution is 2.25. The van der Waals surface area contributed by atoms with Gasteiger partial charge < -0.3 is 5.11 Å². The van der Waals surface area contributed by atoms with Gasteiger partial charge in [-0.2, -0.15) is 0 Å². The van der Waals surface area contributed by atoms with Gasteiger partial charge in [-0.1, -0.05) is 23.8 Å². The van der Waals surface area contributed by atoms with Crippen molar-refractivity contribution in [1.82, 2.24) is 9.38 Å². The fourth-order valence-electron chi connectivity index (χ4n) is 2.09. The van der Waals surface area contributed by atoms with E-state index in [-0.39, 0.29) is 11.5 Å². The number of carbonyl (C=O) groups is 1. The molecule has 3 rings (SSSR count). The molecule has 0 radical (unpaired) electrons. The molecular weight excluding hydrogens is 280 g/mol. The Hall–Kier alpha value is -3.02. The van der Waals surface area contributed by atoms with Crippen LogP contribution in [-0.4, -0.2) is 20.5 Å². The number of carboxylic acid groups (broad SMARTS) is 1. The topological polar surface area (TPSA) is 79.3 Å². The lowest BCUT2D eigenvalue weighted by Gasteiger charge is -1.98. The second-order valence-corrected chi connectivity index (χ2v) is 5.06. The van der Waals surface area contributed by atoms with E-state index in [4.69, 9.17) is 0 Å². The second-order valence-electron chi connectivity index (χ2n) is 5.06. The average molecular weight is 294 g/mol. The molecule has 22 heavy (non-hydrogen) atoms. The van der Waals surface area contributed by atoms with E-state index in [0.717, 1.165) is 11.1 Å². The number of aromatic nitrogens is 2. The lowest BCUT2D eigenvalue weighted by molar-refractivity contribution is 0.0692. The smallest absolute Gasteiger partial charge is 0.358 e. The van der Waals surface area contributed by atoms with Gasteiger partial charge in [-0.05, 0) is 37.6 Å². The van der Waals surface area contributed by atoms with Crippen LogP contribution in [0.3, 0.4) is 0 Å². The Morgan fingerprint density at radius 3 is 2.41 bits per heavy atom. The molecule has 0 fully saturated rings. The third-order valence-corrected chi connectivity index (χ3v) is 3.24. The van der Waals surface area contributed by atoms with Gasteiger partial charge in [0.25, 0.3) is 0 Å². The van der Waals surface area contributed by atoms with Crippen LogP contribution in [0.25, 0.3) is 5.65 Å². The predicted octanol–water partition coefficient (Wildman–Crippen LogP) is 4.06. The van der Waals surface area contributed by atoms with Crippen molar-refractivity contribution in [1.29, 1.82) is 0 Å². The summed E-state index contributed by atoms with van der Waals surface area (Å²) < 4.78 is 1.64. The van der Waals surface area contributed by atoms with Crippen molar-refractivity contribution in [2.75, 3.05) is 0 Å². The highest BCUT2D eigenvalue weighted by atomic mass is 16.4. The largest absolute Gasteiger partial charge is 0.476 e. The molecule has 0 atom stereocenters. The van der Waals surface area contributed by atoms with Crippen molar-refractivity contribution < 1.29 is 9.90 Å². The van der Waals surface area contributed by atoms with Crippen LogP contribution < -0.4 is 0 Å². The first-order valence-corrected chi connectivity index (χ1v) is 6.75. The number of benzene rings is 1. The number of hydrogen-bond donors (Lipinski definition) is 1. The van der Waals surface area contributed by atoms with Crippen molar-refractivity contribution in [2.45, 2.75) is 13.8 Å². The molecule has 0 aliphatic heterocycles. The van der Waals surface area contributed by atoms with Crippen LogP contribution in [0.1, 0.15) is 21.6 Å². The summed E-state index contributed by atoms with van der Waals surface area (Å²) in [6, 6.07) is 11.1. The Morgan fingerprint density at radius 1 is 1.05 bits per heavy atom. The molecule has 0 unspecified atom stereocenters. The Morgan fingerprint density at radius 2 is 1.73 bits per heavy atom. The molecule has 0 aliphatic carbocycles. The van der Waals surface area contributed by atoms with Crippen LogP contribution in [0.15, 0.2) is 52.8 Å². The summed E-state index contributed by atoms with van der Waals surface area (Å²) in [5.74, 6) is -0.911. The first-order chi connectivity index (χ1) is 10.5. The molecule has 0 amide bonds. The van der Waals surface area contributed by atoms with E-state index < -0.39 is 5.97 Å². The quantitative estimate of drug-likeness (QED) is 0.739. The van der Waals surface area contributed by atoms with E-state index in [1.807, 2.05) is 44.2 Å². The molecule has 1 aromatic carbocycles. The summed E-state index contributed by atoms with van der Waals surface area (Å²) in [4.78, 5) is 15.4. The number of rotatable bonds is 3. The summed E-state index contributed by atoms with van der Waals surface area (Å²) >= 11 is 0. The third-order valence-electron chi connectivity index (χ3n) is 3.24. The highest BCUT2D eigenvalue weighted by Gasteiger charge is 2.18.